The first-order valence-corrected chi connectivity index (χ1v) is 9.81. The Kier molecular flexibility index (Phi) is 5.14. The third-order valence-electron chi connectivity index (χ3n) is 5.58. The average Bonchev–Trinajstić information content (AvgIpc) is 3.45. The van der Waals surface area contributed by atoms with Gasteiger partial charge in [0.15, 0.2) is 0 Å². The maximum absolute atomic E-state index is 10.7. The van der Waals surface area contributed by atoms with Crippen molar-refractivity contribution in [3.05, 3.63) is 119 Å². The largest absolute Gasteiger partial charge is 0.382 e. The predicted octanol–water partition coefficient (Wildman–Crippen LogP) is 4.83. The minimum Gasteiger partial charge on any atom is -0.382 e. The van der Waals surface area contributed by atoms with Crippen molar-refractivity contribution < 1.29 is 10.2 Å². The molecule has 0 aliphatic heterocycles. The fourth-order valence-electron chi connectivity index (χ4n) is 3.65. The van der Waals surface area contributed by atoms with Crippen LogP contribution in [0.2, 0.25) is 0 Å². The topological polar surface area (TPSA) is 72.0 Å². The Hall–Kier alpha value is -3.08. The molecule has 29 heavy (non-hydrogen) atoms. The number of benzene rings is 2. The van der Waals surface area contributed by atoms with Crippen molar-refractivity contribution in [1.29, 1.82) is 0 Å². The van der Waals surface area contributed by atoms with E-state index in [1.165, 1.54) is 0 Å². The lowest BCUT2D eigenvalue weighted by atomic mass is 9.86. The van der Waals surface area contributed by atoms with Crippen LogP contribution in [0, 0.1) is 0 Å². The first-order chi connectivity index (χ1) is 14.0. The lowest BCUT2D eigenvalue weighted by molar-refractivity contribution is 0.215. The number of aliphatic hydroxyl groups is 2. The Morgan fingerprint density at radius 1 is 0.586 bits per heavy atom. The number of hydrogen-bond acceptors (Lipinski definition) is 2. The highest BCUT2D eigenvalue weighted by molar-refractivity contribution is 5.36. The van der Waals surface area contributed by atoms with Crippen LogP contribution in [0.5, 0.6) is 0 Å². The van der Waals surface area contributed by atoms with Gasteiger partial charge >= 0.3 is 0 Å². The second-order valence-corrected chi connectivity index (χ2v) is 7.91. The lowest BCUT2D eigenvalue weighted by Gasteiger charge is -2.23. The van der Waals surface area contributed by atoms with Gasteiger partial charge in [-0.25, -0.2) is 0 Å². The zero-order valence-electron chi connectivity index (χ0n) is 16.6. The van der Waals surface area contributed by atoms with E-state index in [-0.39, 0.29) is 5.41 Å². The molecule has 2 aromatic heterocycles. The summed E-state index contributed by atoms with van der Waals surface area (Å²) >= 11 is 0. The Morgan fingerprint density at radius 2 is 0.966 bits per heavy atom. The SMILES string of the molecule is CC(C)(c1ccc(C(O)c2ccccc2)[nH]1)c1ccc(C(O)c2ccccc2)[nH]1. The van der Waals surface area contributed by atoms with Crippen molar-refractivity contribution in [3.63, 3.8) is 0 Å². The summed E-state index contributed by atoms with van der Waals surface area (Å²) < 4.78 is 0. The smallest absolute Gasteiger partial charge is 0.119 e. The zero-order valence-corrected chi connectivity index (χ0v) is 16.6. The molecule has 0 fully saturated rings. The first-order valence-electron chi connectivity index (χ1n) is 9.81. The highest BCUT2D eigenvalue weighted by Gasteiger charge is 2.28. The van der Waals surface area contributed by atoms with Crippen LogP contribution in [0.15, 0.2) is 84.9 Å². The maximum Gasteiger partial charge on any atom is 0.119 e. The van der Waals surface area contributed by atoms with Gasteiger partial charge in [-0.15, -0.1) is 0 Å². The third-order valence-corrected chi connectivity index (χ3v) is 5.58. The molecule has 0 saturated heterocycles. The molecule has 4 rings (SSSR count). The van der Waals surface area contributed by atoms with E-state index in [1.807, 2.05) is 84.9 Å². The van der Waals surface area contributed by atoms with Gasteiger partial charge in [0.25, 0.3) is 0 Å². The molecule has 4 N–H and O–H groups in total. The normalized spacial score (nSPS) is 13.9. The second kappa shape index (κ2) is 7.74. The molecule has 148 valence electrons. The van der Waals surface area contributed by atoms with Gasteiger partial charge in [0.2, 0.25) is 0 Å². The summed E-state index contributed by atoms with van der Waals surface area (Å²) in [5.41, 5.74) is 4.86. The number of hydrogen-bond donors (Lipinski definition) is 4. The molecule has 2 atom stereocenters. The molecule has 0 bridgehead atoms. The van der Waals surface area contributed by atoms with E-state index in [4.69, 9.17) is 0 Å². The average molecular weight is 386 g/mol. The second-order valence-electron chi connectivity index (χ2n) is 7.91. The number of aliphatic hydroxyl groups excluding tert-OH is 2. The Morgan fingerprint density at radius 3 is 1.34 bits per heavy atom. The van der Waals surface area contributed by atoms with Gasteiger partial charge in [-0.2, -0.15) is 0 Å². The van der Waals surface area contributed by atoms with Crippen LogP contribution in [0.3, 0.4) is 0 Å². The summed E-state index contributed by atoms with van der Waals surface area (Å²) in [4.78, 5) is 6.78. The van der Waals surface area contributed by atoms with E-state index < -0.39 is 12.2 Å². The molecule has 4 nitrogen and oxygen atoms in total. The van der Waals surface area contributed by atoms with E-state index in [2.05, 4.69) is 23.8 Å². The van der Waals surface area contributed by atoms with E-state index in [1.54, 1.807) is 0 Å². The number of aromatic nitrogens is 2. The van der Waals surface area contributed by atoms with Crippen molar-refractivity contribution in [3.8, 4) is 0 Å². The van der Waals surface area contributed by atoms with Crippen LogP contribution < -0.4 is 0 Å². The van der Waals surface area contributed by atoms with Gasteiger partial charge in [0.1, 0.15) is 12.2 Å². The van der Waals surface area contributed by atoms with E-state index in [9.17, 15) is 10.2 Å². The molecule has 0 spiro atoms. The Labute approximate surface area is 170 Å². The Bertz CT molecular complexity index is 979. The van der Waals surface area contributed by atoms with Crippen molar-refractivity contribution >= 4 is 0 Å². The molecule has 4 aromatic rings. The van der Waals surface area contributed by atoms with E-state index in [0.717, 1.165) is 33.9 Å². The van der Waals surface area contributed by atoms with Crippen molar-refractivity contribution in [2.75, 3.05) is 0 Å². The summed E-state index contributed by atoms with van der Waals surface area (Å²) in [6.45, 7) is 4.23. The summed E-state index contributed by atoms with van der Waals surface area (Å²) in [6.07, 6.45) is -1.39. The van der Waals surface area contributed by atoms with Crippen molar-refractivity contribution in [1.82, 2.24) is 9.97 Å². The van der Waals surface area contributed by atoms with Gasteiger partial charge in [-0.3, -0.25) is 0 Å². The molecule has 2 aromatic carbocycles. The standard InChI is InChI=1S/C25H26N2O2/c1-25(2,21-15-13-19(26-21)23(28)17-9-5-3-6-10-17)22-16-14-20(27-22)24(29)18-11-7-4-8-12-18/h3-16,23-24,26-29H,1-2H3. The van der Waals surface area contributed by atoms with Crippen LogP contribution in [0.1, 0.15) is 60.0 Å². The molecule has 2 heterocycles. The summed E-state index contributed by atoms with van der Waals surface area (Å²) in [5.74, 6) is 0. The van der Waals surface area contributed by atoms with Crippen molar-refractivity contribution in [2.45, 2.75) is 31.5 Å². The summed E-state index contributed by atoms with van der Waals surface area (Å²) in [6, 6.07) is 27.1. The molecular weight excluding hydrogens is 360 g/mol. The number of nitrogens with one attached hydrogen (secondary N) is 2. The van der Waals surface area contributed by atoms with Crippen LogP contribution in [-0.2, 0) is 5.41 Å². The minimum atomic E-state index is -0.695. The molecule has 4 heteroatoms. The van der Waals surface area contributed by atoms with Crippen molar-refractivity contribution in [2.24, 2.45) is 0 Å². The fourth-order valence-corrected chi connectivity index (χ4v) is 3.65. The Balaban J connectivity index is 1.58. The van der Waals surface area contributed by atoms with Crippen LogP contribution in [0.4, 0.5) is 0 Å². The fraction of sp³-hybridized carbons (Fsp3) is 0.200. The van der Waals surface area contributed by atoms with Crippen LogP contribution in [-0.4, -0.2) is 20.2 Å². The van der Waals surface area contributed by atoms with Crippen LogP contribution >= 0.6 is 0 Å². The molecule has 0 aliphatic carbocycles. The first kappa shape index (κ1) is 19.2. The molecule has 0 amide bonds. The quantitative estimate of drug-likeness (QED) is 0.383. The molecule has 2 unspecified atom stereocenters. The van der Waals surface area contributed by atoms with Gasteiger partial charge in [0.05, 0.1) is 0 Å². The number of aromatic amines is 2. The zero-order chi connectivity index (χ0) is 20.4. The minimum absolute atomic E-state index is 0.344. The van der Waals surface area contributed by atoms with E-state index >= 15 is 0 Å². The van der Waals surface area contributed by atoms with Gasteiger partial charge < -0.3 is 20.2 Å². The van der Waals surface area contributed by atoms with Gasteiger partial charge in [-0.1, -0.05) is 60.7 Å². The monoisotopic (exact) mass is 386 g/mol. The molecule has 0 saturated carbocycles. The molecule has 0 radical (unpaired) electrons. The summed E-state index contributed by atoms with van der Waals surface area (Å²) in [5, 5.41) is 21.3. The van der Waals surface area contributed by atoms with Crippen LogP contribution in [0.25, 0.3) is 0 Å². The number of H-pyrrole nitrogens is 2. The molecule has 0 aliphatic rings. The lowest BCUT2D eigenvalue weighted by Crippen LogP contribution is -2.20. The molecular formula is C25H26N2O2. The highest BCUT2D eigenvalue weighted by atomic mass is 16.3. The van der Waals surface area contributed by atoms with Gasteiger partial charge in [0, 0.05) is 28.2 Å². The van der Waals surface area contributed by atoms with Gasteiger partial charge in [-0.05, 0) is 49.2 Å². The highest BCUT2D eigenvalue weighted by Crippen LogP contribution is 2.33. The third kappa shape index (κ3) is 3.77. The number of rotatable bonds is 6. The predicted molar refractivity (Wildman–Crippen MR) is 115 cm³/mol. The summed E-state index contributed by atoms with van der Waals surface area (Å²) in [7, 11) is 0. The maximum atomic E-state index is 10.7. The van der Waals surface area contributed by atoms with E-state index in [0.29, 0.717) is 0 Å².